The van der Waals surface area contributed by atoms with Gasteiger partial charge >= 0.3 is 5.00 Å². The molecule has 5 heteroatoms. The maximum absolute atomic E-state index is 10.3. The first-order chi connectivity index (χ1) is 5.74. The molecule has 1 heterocycles. The van der Waals surface area contributed by atoms with Gasteiger partial charge in [-0.25, -0.2) is 0 Å². The number of nitro groups is 1. The van der Waals surface area contributed by atoms with Crippen LogP contribution >= 0.6 is 24.0 Å². The van der Waals surface area contributed by atoms with E-state index < -0.39 is 0 Å². The van der Waals surface area contributed by atoms with E-state index in [1.165, 1.54) is 6.07 Å². The van der Waals surface area contributed by atoms with Crippen LogP contribution in [0.2, 0.25) is 0 Å². The molecule has 1 rings (SSSR count). The molecular weight excluding hydrogens is 194 g/mol. The average Bonchev–Trinajstić information content (AvgIpc) is 2.48. The molecule has 0 fully saturated rings. The van der Waals surface area contributed by atoms with E-state index in [0.29, 0.717) is 5.75 Å². The van der Waals surface area contributed by atoms with Crippen LogP contribution in [0.1, 0.15) is 4.88 Å². The van der Waals surface area contributed by atoms with E-state index in [1.807, 2.05) is 12.2 Å². The SMILES string of the molecule is O=[N+]([O-])c1ccc(C=CCS)s1. The number of rotatable bonds is 3. The lowest BCUT2D eigenvalue weighted by Gasteiger charge is -1.81. The molecule has 1 aromatic heterocycles. The van der Waals surface area contributed by atoms with Crippen LogP contribution in [0, 0.1) is 10.1 Å². The van der Waals surface area contributed by atoms with Crippen molar-refractivity contribution in [1.29, 1.82) is 0 Å². The van der Waals surface area contributed by atoms with Crippen LogP contribution in [0.15, 0.2) is 18.2 Å². The summed E-state index contributed by atoms with van der Waals surface area (Å²) in [6, 6.07) is 3.23. The monoisotopic (exact) mass is 201 g/mol. The summed E-state index contributed by atoms with van der Waals surface area (Å²) in [5, 5.41) is 10.4. The Morgan fingerprint density at radius 3 is 2.92 bits per heavy atom. The summed E-state index contributed by atoms with van der Waals surface area (Å²) in [5.74, 6) is 0.645. The highest BCUT2D eigenvalue weighted by Crippen LogP contribution is 2.24. The second-order valence-corrected chi connectivity index (χ2v) is 3.48. The van der Waals surface area contributed by atoms with Gasteiger partial charge in [0.25, 0.3) is 0 Å². The van der Waals surface area contributed by atoms with Crippen LogP contribution < -0.4 is 0 Å². The van der Waals surface area contributed by atoms with E-state index >= 15 is 0 Å². The maximum Gasteiger partial charge on any atom is 0.324 e. The van der Waals surface area contributed by atoms with E-state index in [2.05, 4.69) is 12.6 Å². The highest BCUT2D eigenvalue weighted by atomic mass is 32.1. The van der Waals surface area contributed by atoms with Crippen molar-refractivity contribution in [3.8, 4) is 0 Å². The predicted molar refractivity (Wildman–Crippen MR) is 53.9 cm³/mol. The summed E-state index contributed by atoms with van der Waals surface area (Å²) < 4.78 is 0. The summed E-state index contributed by atoms with van der Waals surface area (Å²) in [6.07, 6.45) is 3.67. The topological polar surface area (TPSA) is 43.1 Å². The van der Waals surface area contributed by atoms with Gasteiger partial charge in [-0.15, -0.1) is 0 Å². The lowest BCUT2D eigenvalue weighted by molar-refractivity contribution is -0.380. The molecule has 0 aromatic carbocycles. The minimum atomic E-state index is -0.386. The van der Waals surface area contributed by atoms with Crippen LogP contribution in [0.3, 0.4) is 0 Å². The predicted octanol–water partition coefficient (Wildman–Crippen LogP) is 2.60. The zero-order valence-corrected chi connectivity index (χ0v) is 7.85. The van der Waals surface area contributed by atoms with Crippen molar-refractivity contribution in [2.45, 2.75) is 0 Å². The molecule has 0 amide bonds. The van der Waals surface area contributed by atoms with E-state index in [-0.39, 0.29) is 9.92 Å². The number of thiophene rings is 1. The summed E-state index contributed by atoms with van der Waals surface area (Å²) in [7, 11) is 0. The average molecular weight is 201 g/mol. The van der Waals surface area contributed by atoms with Crippen LogP contribution in [-0.2, 0) is 0 Å². The first-order valence-corrected chi connectivity index (χ1v) is 4.70. The molecule has 12 heavy (non-hydrogen) atoms. The Bertz CT molecular complexity index is 306. The van der Waals surface area contributed by atoms with Gasteiger partial charge in [-0.2, -0.15) is 12.6 Å². The smallest absolute Gasteiger partial charge is 0.258 e. The van der Waals surface area contributed by atoms with Gasteiger partial charge in [0.15, 0.2) is 0 Å². The zero-order valence-electron chi connectivity index (χ0n) is 6.14. The number of hydrogen-bond donors (Lipinski definition) is 1. The second-order valence-electron chi connectivity index (χ2n) is 2.02. The van der Waals surface area contributed by atoms with Crippen molar-refractivity contribution in [3.63, 3.8) is 0 Å². The highest BCUT2D eigenvalue weighted by molar-refractivity contribution is 7.80. The Labute approximate surface area is 79.3 Å². The molecule has 0 atom stereocenters. The van der Waals surface area contributed by atoms with Crippen LogP contribution in [0.25, 0.3) is 6.08 Å². The Balaban J connectivity index is 2.77. The molecule has 0 unspecified atom stereocenters. The van der Waals surface area contributed by atoms with Crippen LogP contribution in [0.4, 0.5) is 5.00 Å². The Hall–Kier alpha value is -0.810. The number of hydrogen-bond acceptors (Lipinski definition) is 4. The van der Waals surface area contributed by atoms with E-state index in [9.17, 15) is 10.1 Å². The fraction of sp³-hybridized carbons (Fsp3) is 0.143. The lowest BCUT2D eigenvalue weighted by atomic mass is 10.4. The molecule has 0 N–H and O–H groups in total. The summed E-state index contributed by atoms with van der Waals surface area (Å²) >= 11 is 5.14. The molecule has 0 saturated carbocycles. The Morgan fingerprint density at radius 1 is 1.67 bits per heavy atom. The first kappa shape index (κ1) is 9.28. The molecule has 0 spiro atoms. The third-order valence-electron chi connectivity index (χ3n) is 1.18. The van der Waals surface area contributed by atoms with Crippen molar-refractivity contribution in [2.75, 3.05) is 5.75 Å². The van der Waals surface area contributed by atoms with Gasteiger partial charge in [-0.05, 0) is 12.1 Å². The quantitative estimate of drug-likeness (QED) is 0.464. The molecule has 0 aliphatic rings. The Kier molecular flexibility index (Phi) is 3.31. The highest BCUT2D eigenvalue weighted by Gasteiger charge is 2.06. The molecule has 0 aliphatic carbocycles. The van der Waals surface area contributed by atoms with E-state index in [0.717, 1.165) is 16.2 Å². The molecule has 3 nitrogen and oxygen atoms in total. The number of thiol groups is 1. The molecule has 0 aliphatic heterocycles. The van der Waals surface area contributed by atoms with Gasteiger partial charge in [0, 0.05) is 16.7 Å². The summed E-state index contributed by atoms with van der Waals surface area (Å²) in [4.78, 5) is 10.8. The van der Waals surface area contributed by atoms with Crippen LogP contribution in [0.5, 0.6) is 0 Å². The van der Waals surface area contributed by atoms with Crippen molar-refractivity contribution in [2.24, 2.45) is 0 Å². The fourth-order valence-electron chi connectivity index (χ4n) is 0.699. The molecule has 0 bridgehead atoms. The maximum atomic E-state index is 10.3. The van der Waals surface area contributed by atoms with Gasteiger partial charge < -0.3 is 0 Å². The van der Waals surface area contributed by atoms with Gasteiger partial charge in [0.2, 0.25) is 0 Å². The first-order valence-electron chi connectivity index (χ1n) is 3.25. The third kappa shape index (κ3) is 2.35. The molecule has 1 aromatic rings. The fourth-order valence-corrected chi connectivity index (χ4v) is 1.56. The lowest BCUT2D eigenvalue weighted by Crippen LogP contribution is -1.80. The van der Waals surface area contributed by atoms with Crippen molar-refractivity contribution < 1.29 is 4.92 Å². The van der Waals surface area contributed by atoms with Gasteiger partial charge in [-0.1, -0.05) is 17.4 Å². The van der Waals surface area contributed by atoms with Gasteiger partial charge in [-0.3, -0.25) is 10.1 Å². The largest absolute Gasteiger partial charge is 0.324 e. The molecule has 64 valence electrons. The minimum absolute atomic E-state index is 0.175. The summed E-state index contributed by atoms with van der Waals surface area (Å²) in [6.45, 7) is 0. The van der Waals surface area contributed by atoms with Crippen molar-refractivity contribution >= 4 is 35.0 Å². The summed E-state index contributed by atoms with van der Waals surface area (Å²) in [5.41, 5.74) is 0. The van der Waals surface area contributed by atoms with Crippen molar-refractivity contribution in [3.05, 3.63) is 33.2 Å². The standard InChI is InChI=1S/C7H7NO2S2/c9-8(10)7-4-3-6(12-7)2-1-5-11/h1-4,11H,5H2. The zero-order chi connectivity index (χ0) is 8.97. The normalized spacial score (nSPS) is 10.8. The molecule has 0 saturated heterocycles. The second kappa shape index (κ2) is 4.27. The van der Waals surface area contributed by atoms with Gasteiger partial charge in [0.05, 0.1) is 4.92 Å². The van der Waals surface area contributed by atoms with Crippen LogP contribution in [-0.4, -0.2) is 10.7 Å². The van der Waals surface area contributed by atoms with E-state index in [1.54, 1.807) is 6.07 Å². The van der Waals surface area contributed by atoms with E-state index in [4.69, 9.17) is 0 Å². The Morgan fingerprint density at radius 2 is 2.42 bits per heavy atom. The van der Waals surface area contributed by atoms with Gasteiger partial charge in [0.1, 0.15) is 0 Å². The number of nitrogens with zero attached hydrogens (tertiary/aromatic N) is 1. The molecule has 0 radical (unpaired) electrons. The molecular formula is C7H7NO2S2. The minimum Gasteiger partial charge on any atom is -0.258 e. The van der Waals surface area contributed by atoms with Crippen molar-refractivity contribution in [1.82, 2.24) is 0 Å². The third-order valence-corrected chi connectivity index (χ3v) is 2.39.